The highest BCUT2D eigenvalue weighted by Gasteiger charge is 2.15. The van der Waals surface area contributed by atoms with E-state index in [1.165, 1.54) is 23.5 Å². The first-order valence-corrected chi connectivity index (χ1v) is 13.2. The van der Waals surface area contributed by atoms with Crippen molar-refractivity contribution >= 4 is 27.3 Å². The molecule has 0 unspecified atom stereocenters. The van der Waals surface area contributed by atoms with Crippen LogP contribution < -0.4 is 10.0 Å². The van der Waals surface area contributed by atoms with Crippen LogP contribution in [0.1, 0.15) is 20.1 Å². The third-order valence-corrected chi connectivity index (χ3v) is 6.86. The lowest BCUT2D eigenvalue weighted by molar-refractivity contribution is 0.0955. The first-order valence-electron chi connectivity index (χ1n) is 10.5. The average Bonchev–Trinajstić information content (AvgIpc) is 3.45. The maximum atomic E-state index is 13.4. The molecule has 0 bridgehead atoms. The lowest BCUT2D eigenvalue weighted by Gasteiger charge is -2.05. The van der Waals surface area contributed by atoms with E-state index in [1.807, 2.05) is 42.6 Å². The van der Waals surface area contributed by atoms with E-state index < -0.39 is 10.0 Å². The van der Waals surface area contributed by atoms with Crippen LogP contribution in [0, 0.1) is 5.82 Å². The van der Waals surface area contributed by atoms with Crippen molar-refractivity contribution in [3.8, 4) is 16.9 Å². The largest absolute Gasteiger partial charge is 0.347 e. The van der Waals surface area contributed by atoms with E-state index >= 15 is 0 Å². The normalized spacial score (nSPS) is 11.5. The Morgan fingerprint density at radius 1 is 1.06 bits per heavy atom. The minimum atomic E-state index is -3.24. The zero-order valence-corrected chi connectivity index (χ0v) is 20.0. The number of rotatable bonds is 9. The Labute approximate surface area is 201 Å². The zero-order valence-electron chi connectivity index (χ0n) is 18.4. The number of para-hydroxylation sites is 1. The third-order valence-electron chi connectivity index (χ3n) is 4.99. The standard InChI is InChI=1S/C24H23FN4O3S2/c1-34(31,32)27-14-13-21-11-12-22(33-21)24(30)26-15-18-16-29(20-5-3-2-4-6-20)28-23(18)17-7-9-19(25)10-8-17/h2-12,16,27H,13-15H2,1H3,(H,26,30). The minimum absolute atomic E-state index is 0.232. The second kappa shape index (κ2) is 10.3. The number of halogens is 1. The van der Waals surface area contributed by atoms with Crippen molar-refractivity contribution in [1.29, 1.82) is 0 Å². The van der Waals surface area contributed by atoms with Gasteiger partial charge in [0.2, 0.25) is 10.0 Å². The van der Waals surface area contributed by atoms with Crippen molar-refractivity contribution in [3.63, 3.8) is 0 Å². The summed E-state index contributed by atoms with van der Waals surface area (Å²) in [4.78, 5) is 14.2. The SMILES string of the molecule is CS(=O)(=O)NCCc1ccc(C(=O)NCc2cn(-c3ccccc3)nc2-c2ccc(F)cc2)s1. The number of thiophene rings is 1. The third kappa shape index (κ3) is 6.16. The number of hydrogen-bond donors (Lipinski definition) is 2. The van der Waals surface area contributed by atoms with Crippen molar-refractivity contribution in [2.45, 2.75) is 13.0 Å². The van der Waals surface area contributed by atoms with Gasteiger partial charge in [-0.25, -0.2) is 22.2 Å². The molecule has 34 heavy (non-hydrogen) atoms. The number of carbonyl (C=O) groups is 1. The van der Waals surface area contributed by atoms with Crippen LogP contribution in [0.2, 0.25) is 0 Å². The summed E-state index contributed by atoms with van der Waals surface area (Å²) in [6, 6.07) is 19.2. The Kier molecular flexibility index (Phi) is 7.20. The Hall–Kier alpha value is -3.34. The molecule has 0 atom stereocenters. The molecule has 176 valence electrons. The Bertz CT molecular complexity index is 1380. The number of nitrogens with one attached hydrogen (secondary N) is 2. The van der Waals surface area contributed by atoms with E-state index in [0.717, 1.165) is 27.9 Å². The first-order chi connectivity index (χ1) is 16.3. The molecule has 0 fully saturated rings. The fourth-order valence-electron chi connectivity index (χ4n) is 3.36. The number of amides is 1. The molecule has 0 spiro atoms. The Morgan fingerprint density at radius 2 is 1.79 bits per heavy atom. The molecular weight excluding hydrogens is 475 g/mol. The van der Waals surface area contributed by atoms with Gasteiger partial charge in [-0.3, -0.25) is 4.79 Å². The van der Waals surface area contributed by atoms with Gasteiger partial charge in [-0.2, -0.15) is 5.10 Å². The molecule has 2 aromatic carbocycles. The van der Waals surface area contributed by atoms with Gasteiger partial charge < -0.3 is 5.32 Å². The predicted octanol–water partition coefficient (Wildman–Crippen LogP) is 3.76. The fraction of sp³-hybridized carbons (Fsp3) is 0.167. The van der Waals surface area contributed by atoms with Crippen LogP contribution in [0.5, 0.6) is 0 Å². The number of carbonyl (C=O) groups excluding carboxylic acids is 1. The summed E-state index contributed by atoms with van der Waals surface area (Å²) in [5, 5.41) is 7.61. The summed E-state index contributed by atoms with van der Waals surface area (Å²) in [6.07, 6.45) is 3.47. The zero-order chi connectivity index (χ0) is 24.1. The number of hydrogen-bond acceptors (Lipinski definition) is 5. The topological polar surface area (TPSA) is 93.1 Å². The second-order valence-electron chi connectivity index (χ2n) is 7.66. The molecule has 0 aliphatic heterocycles. The highest BCUT2D eigenvalue weighted by Crippen LogP contribution is 2.24. The van der Waals surface area contributed by atoms with Crippen LogP contribution in [0.4, 0.5) is 4.39 Å². The van der Waals surface area contributed by atoms with Gasteiger partial charge in [0.25, 0.3) is 5.91 Å². The van der Waals surface area contributed by atoms with Crippen molar-refractivity contribution in [2.75, 3.05) is 12.8 Å². The average molecular weight is 499 g/mol. The number of sulfonamides is 1. The molecule has 0 saturated heterocycles. The van der Waals surface area contributed by atoms with Crippen LogP contribution >= 0.6 is 11.3 Å². The summed E-state index contributed by atoms with van der Waals surface area (Å²) in [7, 11) is -3.24. The van der Waals surface area contributed by atoms with Gasteiger partial charge in [0, 0.05) is 35.3 Å². The van der Waals surface area contributed by atoms with Crippen molar-refractivity contribution < 1.29 is 17.6 Å². The molecule has 0 aliphatic carbocycles. The number of aromatic nitrogens is 2. The molecule has 2 heterocycles. The van der Waals surface area contributed by atoms with Crippen LogP contribution in [-0.2, 0) is 23.0 Å². The summed E-state index contributed by atoms with van der Waals surface area (Å²) in [6.45, 7) is 0.515. The molecule has 10 heteroatoms. The van der Waals surface area contributed by atoms with Gasteiger partial charge in [0.1, 0.15) is 5.82 Å². The quantitative estimate of drug-likeness (QED) is 0.368. The van der Waals surface area contributed by atoms with Gasteiger partial charge in [0.05, 0.1) is 22.5 Å². The second-order valence-corrected chi connectivity index (χ2v) is 10.7. The van der Waals surface area contributed by atoms with Gasteiger partial charge >= 0.3 is 0 Å². The van der Waals surface area contributed by atoms with Gasteiger partial charge in [-0.1, -0.05) is 18.2 Å². The van der Waals surface area contributed by atoms with Gasteiger partial charge in [0.15, 0.2) is 0 Å². The fourth-order valence-corrected chi connectivity index (χ4v) is 4.76. The van der Waals surface area contributed by atoms with Gasteiger partial charge in [-0.15, -0.1) is 11.3 Å². The summed E-state index contributed by atoms with van der Waals surface area (Å²) in [5.41, 5.74) is 3.06. The van der Waals surface area contributed by atoms with Crippen LogP contribution in [0.15, 0.2) is 72.9 Å². The van der Waals surface area contributed by atoms with Crippen LogP contribution in [0.25, 0.3) is 16.9 Å². The Morgan fingerprint density at radius 3 is 2.50 bits per heavy atom. The maximum absolute atomic E-state index is 13.4. The molecule has 0 saturated carbocycles. The van der Waals surface area contributed by atoms with E-state index in [4.69, 9.17) is 0 Å². The molecular formula is C24H23FN4O3S2. The summed E-state index contributed by atoms with van der Waals surface area (Å²) >= 11 is 1.32. The van der Waals surface area contributed by atoms with Crippen molar-refractivity contribution in [3.05, 3.63) is 94.1 Å². The Balaban J connectivity index is 1.49. The smallest absolute Gasteiger partial charge is 0.261 e. The highest BCUT2D eigenvalue weighted by atomic mass is 32.2. The van der Waals surface area contributed by atoms with Crippen molar-refractivity contribution in [2.24, 2.45) is 0 Å². The van der Waals surface area contributed by atoms with Crippen LogP contribution in [-0.4, -0.2) is 36.9 Å². The molecule has 1 amide bonds. The molecule has 4 rings (SSSR count). The predicted molar refractivity (Wildman–Crippen MR) is 131 cm³/mol. The van der Waals surface area contributed by atoms with E-state index in [1.54, 1.807) is 22.9 Å². The first kappa shape index (κ1) is 23.8. The van der Waals surface area contributed by atoms with E-state index in [9.17, 15) is 17.6 Å². The molecule has 4 aromatic rings. The lowest BCUT2D eigenvalue weighted by atomic mass is 10.1. The molecule has 0 aliphatic rings. The van der Waals surface area contributed by atoms with E-state index in [2.05, 4.69) is 15.1 Å². The molecule has 2 aromatic heterocycles. The van der Waals surface area contributed by atoms with Crippen molar-refractivity contribution in [1.82, 2.24) is 19.8 Å². The molecule has 2 N–H and O–H groups in total. The maximum Gasteiger partial charge on any atom is 0.261 e. The van der Waals surface area contributed by atoms with E-state index in [-0.39, 0.29) is 24.8 Å². The number of benzene rings is 2. The van der Waals surface area contributed by atoms with E-state index in [0.29, 0.717) is 17.0 Å². The summed E-state index contributed by atoms with van der Waals surface area (Å²) < 4.78 is 40.0. The van der Waals surface area contributed by atoms with Gasteiger partial charge in [-0.05, 0) is 55.0 Å². The monoisotopic (exact) mass is 498 g/mol. The molecule has 0 radical (unpaired) electrons. The number of nitrogens with zero attached hydrogens (tertiary/aromatic N) is 2. The lowest BCUT2D eigenvalue weighted by Crippen LogP contribution is -2.24. The minimum Gasteiger partial charge on any atom is -0.347 e. The van der Waals surface area contributed by atoms with Crippen LogP contribution in [0.3, 0.4) is 0 Å². The highest BCUT2D eigenvalue weighted by molar-refractivity contribution is 7.88. The molecule has 7 nitrogen and oxygen atoms in total. The summed E-state index contributed by atoms with van der Waals surface area (Å²) in [5.74, 6) is -0.564.